The van der Waals surface area contributed by atoms with Crippen LogP contribution < -0.4 is 9.62 Å². The van der Waals surface area contributed by atoms with Gasteiger partial charge in [-0.2, -0.15) is 0 Å². The molecule has 0 saturated heterocycles. The molecule has 0 fully saturated rings. The van der Waals surface area contributed by atoms with Crippen molar-refractivity contribution in [1.29, 1.82) is 0 Å². The van der Waals surface area contributed by atoms with E-state index in [-0.39, 0.29) is 22.2 Å². The minimum Gasteiger partial charge on any atom is -0.355 e. The van der Waals surface area contributed by atoms with Gasteiger partial charge < -0.3 is 10.2 Å². The Hall–Kier alpha value is -3.14. The number of rotatable bonds is 10. The summed E-state index contributed by atoms with van der Waals surface area (Å²) in [7, 11) is -4.26. The third-order valence-electron chi connectivity index (χ3n) is 5.56. The highest BCUT2D eigenvalue weighted by Crippen LogP contribution is 2.28. The Morgan fingerprint density at radius 1 is 1.00 bits per heavy atom. The summed E-state index contributed by atoms with van der Waals surface area (Å²) in [4.78, 5) is 27.6. The zero-order valence-electron chi connectivity index (χ0n) is 20.2. The van der Waals surface area contributed by atoms with Crippen LogP contribution in [0, 0.1) is 5.82 Å². The van der Waals surface area contributed by atoms with Gasteiger partial charge in [0.05, 0.1) is 15.6 Å². The zero-order valence-corrected chi connectivity index (χ0v) is 22.5. The Morgan fingerprint density at radius 3 is 2.32 bits per heavy atom. The summed E-state index contributed by atoms with van der Waals surface area (Å²) < 4.78 is 42.0. The molecule has 1 atom stereocenters. The first-order chi connectivity index (χ1) is 17.5. The van der Waals surface area contributed by atoms with Crippen molar-refractivity contribution < 1.29 is 22.4 Å². The monoisotopic (exact) mass is 565 g/mol. The molecule has 3 aromatic carbocycles. The maximum atomic E-state index is 13.9. The summed E-state index contributed by atoms with van der Waals surface area (Å²) in [5.74, 6) is -1.79. The molecular formula is C26H26Cl2FN3O4S. The zero-order chi connectivity index (χ0) is 27.2. The van der Waals surface area contributed by atoms with Crippen molar-refractivity contribution in [1.82, 2.24) is 10.2 Å². The predicted octanol–water partition coefficient (Wildman–Crippen LogP) is 4.88. The molecule has 0 spiro atoms. The molecule has 0 saturated carbocycles. The van der Waals surface area contributed by atoms with Crippen molar-refractivity contribution in [3.8, 4) is 0 Å². The van der Waals surface area contributed by atoms with E-state index in [4.69, 9.17) is 23.2 Å². The normalized spacial score (nSPS) is 12.0. The van der Waals surface area contributed by atoms with E-state index in [0.717, 1.165) is 16.4 Å². The van der Waals surface area contributed by atoms with Crippen LogP contribution in [0.3, 0.4) is 0 Å². The van der Waals surface area contributed by atoms with E-state index in [1.165, 1.54) is 23.1 Å². The number of nitrogens with one attached hydrogen (secondary N) is 1. The molecule has 3 aromatic rings. The third-order valence-corrected chi connectivity index (χ3v) is 7.87. The molecule has 0 aliphatic carbocycles. The first-order valence-electron chi connectivity index (χ1n) is 11.4. The largest absolute Gasteiger partial charge is 0.355 e. The van der Waals surface area contributed by atoms with Gasteiger partial charge in [0, 0.05) is 18.1 Å². The minimum absolute atomic E-state index is 0.00108. The number of anilines is 1. The number of hydrogen-bond donors (Lipinski definition) is 1. The summed E-state index contributed by atoms with van der Waals surface area (Å²) >= 11 is 12.1. The Labute approximate surface area is 225 Å². The summed E-state index contributed by atoms with van der Waals surface area (Å²) in [5.41, 5.74) is 0.649. The molecule has 37 heavy (non-hydrogen) atoms. The number of hydrogen-bond acceptors (Lipinski definition) is 4. The molecule has 1 unspecified atom stereocenters. The lowest BCUT2D eigenvalue weighted by atomic mass is 10.1. The van der Waals surface area contributed by atoms with Gasteiger partial charge in [-0.1, -0.05) is 53.5 Å². The number of halogens is 3. The third kappa shape index (κ3) is 7.00. The lowest BCUT2D eigenvalue weighted by Gasteiger charge is -2.32. The Kier molecular flexibility index (Phi) is 9.53. The molecule has 0 bridgehead atoms. The van der Waals surface area contributed by atoms with Gasteiger partial charge in [0.2, 0.25) is 11.8 Å². The van der Waals surface area contributed by atoms with E-state index in [1.807, 2.05) is 0 Å². The van der Waals surface area contributed by atoms with Crippen molar-refractivity contribution >= 4 is 50.7 Å². The molecule has 0 aliphatic rings. The van der Waals surface area contributed by atoms with Crippen LogP contribution in [0.5, 0.6) is 0 Å². The molecule has 1 N–H and O–H groups in total. The summed E-state index contributed by atoms with van der Waals surface area (Å²) in [6, 6.07) is 16.8. The van der Waals surface area contributed by atoms with Crippen LogP contribution in [0.1, 0.15) is 19.4 Å². The highest BCUT2D eigenvalue weighted by atomic mass is 35.5. The fourth-order valence-electron chi connectivity index (χ4n) is 3.63. The molecule has 7 nitrogen and oxygen atoms in total. The van der Waals surface area contributed by atoms with Gasteiger partial charge in [-0.3, -0.25) is 13.9 Å². The molecule has 0 aliphatic heterocycles. The van der Waals surface area contributed by atoms with Gasteiger partial charge in [-0.15, -0.1) is 0 Å². The van der Waals surface area contributed by atoms with Crippen LogP contribution in [0.15, 0.2) is 77.7 Å². The molecule has 0 radical (unpaired) electrons. The second kappa shape index (κ2) is 12.4. The van der Waals surface area contributed by atoms with Crippen LogP contribution in [0.25, 0.3) is 0 Å². The molecule has 0 aromatic heterocycles. The van der Waals surface area contributed by atoms with Crippen molar-refractivity contribution in [2.24, 2.45) is 0 Å². The number of carbonyl (C=O) groups excluding carboxylic acids is 2. The van der Waals surface area contributed by atoms with E-state index in [9.17, 15) is 22.4 Å². The Morgan fingerprint density at radius 2 is 1.70 bits per heavy atom. The molecule has 3 rings (SSSR count). The number of carbonyl (C=O) groups is 2. The Balaban J connectivity index is 2.04. The smallest absolute Gasteiger partial charge is 0.264 e. The van der Waals surface area contributed by atoms with Gasteiger partial charge in [-0.25, -0.2) is 12.8 Å². The number of likely N-dealkylation sites (N-methyl/N-ethyl adjacent to an activating group) is 1. The number of amides is 2. The van der Waals surface area contributed by atoms with Crippen molar-refractivity contribution in [2.45, 2.75) is 31.3 Å². The average Bonchev–Trinajstić information content (AvgIpc) is 2.87. The quantitative estimate of drug-likeness (QED) is 0.379. The van der Waals surface area contributed by atoms with E-state index in [1.54, 1.807) is 56.3 Å². The number of nitrogens with zero attached hydrogens (tertiary/aromatic N) is 2. The lowest BCUT2D eigenvalue weighted by molar-refractivity contribution is -0.139. The van der Waals surface area contributed by atoms with E-state index in [2.05, 4.69) is 5.32 Å². The summed E-state index contributed by atoms with van der Waals surface area (Å²) in [5, 5.41) is 2.83. The molecule has 0 heterocycles. The molecule has 2 amide bonds. The van der Waals surface area contributed by atoms with Gasteiger partial charge in [0.15, 0.2) is 0 Å². The van der Waals surface area contributed by atoms with E-state index < -0.39 is 40.2 Å². The highest BCUT2D eigenvalue weighted by Gasteiger charge is 2.32. The lowest BCUT2D eigenvalue weighted by Crippen LogP contribution is -2.51. The van der Waals surface area contributed by atoms with E-state index >= 15 is 0 Å². The second-order valence-electron chi connectivity index (χ2n) is 8.15. The van der Waals surface area contributed by atoms with Crippen LogP contribution in [-0.4, -0.2) is 44.3 Å². The maximum absolute atomic E-state index is 13.9. The topological polar surface area (TPSA) is 86.8 Å². The summed E-state index contributed by atoms with van der Waals surface area (Å²) in [6.07, 6.45) is 0. The summed E-state index contributed by atoms with van der Waals surface area (Å²) in [6.45, 7) is 2.99. The van der Waals surface area contributed by atoms with Crippen LogP contribution in [0.2, 0.25) is 10.0 Å². The standard InChI is InChI=1S/C26H26Cl2FN3O4S/c1-3-30-26(34)18(2)31(16-19-8-7-9-20(27)14-19)25(33)17-32(21-12-13-24(29)23(28)15-21)37(35,36)22-10-5-4-6-11-22/h4-15,18H,3,16-17H2,1-2H3,(H,30,34). The minimum atomic E-state index is -4.26. The molecule has 11 heteroatoms. The van der Waals surface area contributed by atoms with Gasteiger partial charge in [-0.05, 0) is 61.9 Å². The first-order valence-corrected chi connectivity index (χ1v) is 13.6. The van der Waals surface area contributed by atoms with Crippen LogP contribution in [-0.2, 0) is 26.2 Å². The second-order valence-corrected chi connectivity index (χ2v) is 10.9. The molecule has 196 valence electrons. The van der Waals surface area contributed by atoms with Gasteiger partial charge in [0.1, 0.15) is 18.4 Å². The fourth-order valence-corrected chi connectivity index (χ4v) is 5.44. The van der Waals surface area contributed by atoms with E-state index in [0.29, 0.717) is 17.1 Å². The number of sulfonamides is 1. The van der Waals surface area contributed by atoms with Gasteiger partial charge >= 0.3 is 0 Å². The fraction of sp³-hybridized carbons (Fsp3) is 0.231. The van der Waals surface area contributed by atoms with Crippen LogP contribution in [0.4, 0.5) is 10.1 Å². The SMILES string of the molecule is CCNC(=O)C(C)N(Cc1cccc(Cl)c1)C(=O)CN(c1ccc(F)c(Cl)c1)S(=O)(=O)c1ccccc1. The highest BCUT2D eigenvalue weighted by molar-refractivity contribution is 7.92. The first kappa shape index (κ1) is 28.4. The van der Waals surface area contributed by atoms with Gasteiger partial charge in [0.25, 0.3) is 10.0 Å². The Bertz CT molecular complexity index is 1370. The number of benzene rings is 3. The van der Waals surface area contributed by atoms with Crippen molar-refractivity contribution in [3.05, 3.63) is 94.2 Å². The predicted molar refractivity (Wildman–Crippen MR) is 143 cm³/mol. The molecular weight excluding hydrogens is 540 g/mol. The van der Waals surface area contributed by atoms with Crippen molar-refractivity contribution in [2.75, 3.05) is 17.4 Å². The average molecular weight is 566 g/mol. The maximum Gasteiger partial charge on any atom is 0.264 e. The van der Waals surface area contributed by atoms with Crippen molar-refractivity contribution in [3.63, 3.8) is 0 Å². The van der Waals surface area contributed by atoms with Crippen LogP contribution >= 0.6 is 23.2 Å².